The predicted molar refractivity (Wildman–Crippen MR) is 163 cm³/mol. The maximum Gasteiger partial charge on any atom is 0.416 e. The van der Waals surface area contributed by atoms with Gasteiger partial charge in [0, 0.05) is 37.7 Å². The van der Waals surface area contributed by atoms with Crippen LogP contribution in [0.15, 0.2) is 48.8 Å². The fraction of sp³-hybridized carbons (Fsp3) is 0.333. The standard InChI is InChI=1S/C33H29F6N7O/c1-3-4-9-41-28-12-21(24-14-22(32(34,35)36)7-8-23(24)30-44-42-18-45(30)2)13-29(43-28)46-17-26-25(31(46)47)10-20(11-27(26)33(37,38)39)16-40-15-19-5-6-19/h1,7-8,10-14,18-19,40H,4-6,9,15-17H2,2H3,(H,41,43). The highest BCUT2D eigenvalue weighted by molar-refractivity contribution is 6.10. The van der Waals surface area contributed by atoms with Crippen LogP contribution in [0.5, 0.6) is 0 Å². The molecule has 3 heterocycles. The van der Waals surface area contributed by atoms with E-state index in [1.807, 2.05) is 0 Å². The molecule has 0 bridgehead atoms. The predicted octanol–water partition coefficient (Wildman–Crippen LogP) is 6.68. The molecule has 6 rings (SSSR count). The molecule has 0 atom stereocenters. The summed E-state index contributed by atoms with van der Waals surface area (Å²) in [7, 11) is 1.63. The van der Waals surface area contributed by atoms with E-state index in [1.54, 1.807) is 7.05 Å². The lowest BCUT2D eigenvalue weighted by Crippen LogP contribution is -2.24. The van der Waals surface area contributed by atoms with Gasteiger partial charge >= 0.3 is 12.4 Å². The zero-order valence-electron chi connectivity index (χ0n) is 25.1. The van der Waals surface area contributed by atoms with E-state index in [9.17, 15) is 31.1 Å². The van der Waals surface area contributed by atoms with Crippen molar-refractivity contribution in [3.8, 4) is 34.9 Å². The molecule has 1 aliphatic heterocycles. The van der Waals surface area contributed by atoms with Crippen LogP contribution in [-0.2, 0) is 32.5 Å². The first-order valence-corrected chi connectivity index (χ1v) is 14.8. The molecule has 1 aliphatic carbocycles. The van der Waals surface area contributed by atoms with Gasteiger partial charge in [-0.2, -0.15) is 26.3 Å². The number of carbonyl (C=O) groups is 1. The largest absolute Gasteiger partial charge is 0.416 e. The minimum atomic E-state index is -4.73. The SMILES string of the molecule is C#CCCNc1cc(-c2cc(C(F)(F)F)ccc2-c2nncn2C)cc(N2Cc3c(cc(CNCC4CC4)cc3C(F)(F)F)C2=O)n1. The summed E-state index contributed by atoms with van der Waals surface area (Å²) in [5, 5.41) is 14.1. The topological polar surface area (TPSA) is 88.0 Å². The molecule has 0 radical (unpaired) electrons. The quantitative estimate of drug-likeness (QED) is 0.113. The number of nitrogens with zero attached hydrogens (tertiary/aromatic N) is 5. The maximum absolute atomic E-state index is 14.3. The third kappa shape index (κ3) is 6.80. The second-order valence-corrected chi connectivity index (χ2v) is 11.6. The lowest BCUT2D eigenvalue weighted by Gasteiger charge is -2.20. The summed E-state index contributed by atoms with van der Waals surface area (Å²) in [5.41, 5.74) is -1.19. The second kappa shape index (κ2) is 12.4. The summed E-state index contributed by atoms with van der Waals surface area (Å²) in [4.78, 5) is 19.4. The molecule has 244 valence electrons. The van der Waals surface area contributed by atoms with E-state index in [-0.39, 0.29) is 59.2 Å². The molecular weight excluding hydrogens is 624 g/mol. The molecule has 1 amide bonds. The molecule has 0 spiro atoms. The van der Waals surface area contributed by atoms with E-state index in [0.717, 1.165) is 35.9 Å². The van der Waals surface area contributed by atoms with Crippen LogP contribution >= 0.6 is 0 Å². The zero-order valence-corrected chi connectivity index (χ0v) is 25.1. The van der Waals surface area contributed by atoms with Gasteiger partial charge in [0.05, 0.1) is 17.7 Å². The van der Waals surface area contributed by atoms with E-state index in [0.29, 0.717) is 23.6 Å². The molecule has 1 fully saturated rings. The number of amides is 1. The molecule has 2 aliphatic rings. The summed E-state index contributed by atoms with van der Waals surface area (Å²) in [6.45, 7) is 0.653. The van der Waals surface area contributed by atoms with Crippen molar-refractivity contribution in [2.45, 2.75) is 44.7 Å². The average molecular weight is 654 g/mol. The van der Waals surface area contributed by atoms with Crippen molar-refractivity contribution >= 4 is 17.5 Å². The number of fused-ring (bicyclic) bond motifs is 1. The van der Waals surface area contributed by atoms with Gasteiger partial charge in [0.1, 0.15) is 18.0 Å². The number of pyridine rings is 1. The molecule has 8 nitrogen and oxygen atoms in total. The van der Waals surface area contributed by atoms with Crippen molar-refractivity contribution in [2.24, 2.45) is 13.0 Å². The Morgan fingerprint density at radius 2 is 1.79 bits per heavy atom. The van der Waals surface area contributed by atoms with Crippen LogP contribution in [0, 0.1) is 18.3 Å². The number of alkyl halides is 6. The molecule has 4 aromatic rings. The van der Waals surface area contributed by atoms with Gasteiger partial charge in [0.15, 0.2) is 5.82 Å². The number of anilines is 2. The molecule has 2 aromatic carbocycles. The monoisotopic (exact) mass is 653 g/mol. The summed E-state index contributed by atoms with van der Waals surface area (Å²) in [6.07, 6.45) is -0.189. The van der Waals surface area contributed by atoms with Gasteiger partial charge in [-0.1, -0.05) is 0 Å². The van der Waals surface area contributed by atoms with E-state index < -0.39 is 35.9 Å². The average Bonchev–Trinajstić information content (AvgIpc) is 3.65. The van der Waals surface area contributed by atoms with Crippen LogP contribution < -0.4 is 15.5 Å². The van der Waals surface area contributed by atoms with Crippen molar-refractivity contribution in [1.82, 2.24) is 25.1 Å². The number of hydrogen-bond acceptors (Lipinski definition) is 6. The number of terminal acetylenes is 1. The molecule has 0 saturated heterocycles. The van der Waals surface area contributed by atoms with Gasteiger partial charge in [0.2, 0.25) is 0 Å². The third-order valence-electron chi connectivity index (χ3n) is 8.14. The number of carbonyl (C=O) groups excluding carboxylic acids is 1. The fourth-order valence-electron chi connectivity index (χ4n) is 5.60. The van der Waals surface area contributed by atoms with Crippen LogP contribution in [0.4, 0.5) is 38.0 Å². The van der Waals surface area contributed by atoms with E-state index in [4.69, 9.17) is 6.42 Å². The van der Waals surface area contributed by atoms with Gasteiger partial charge in [-0.3, -0.25) is 9.69 Å². The zero-order chi connectivity index (χ0) is 33.5. The summed E-state index contributed by atoms with van der Waals surface area (Å²) < 4.78 is 86.2. The highest BCUT2D eigenvalue weighted by Gasteiger charge is 2.41. The smallest absolute Gasteiger partial charge is 0.369 e. The summed E-state index contributed by atoms with van der Waals surface area (Å²) >= 11 is 0. The van der Waals surface area contributed by atoms with Crippen molar-refractivity contribution < 1.29 is 31.1 Å². The molecule has 47 heavy (non-hydrogen) atoms. The van der Waals surface area contributed by atoms with Crippen LogP contribution in [0.2, 0.25) is 0 Å². The van der Waals surface area contributed by atoms with Gasteiger partial charge in [-0.05, 0) is 90.0 Å². The molecule has 14 heteroatoms. The molecule has 2 N–H and O–H groups in total. The fourth-order valence-corrected chi connectivity index (χ4v) is 5.60. The number of aromatic nitrogens is 4. The Morgan fingerprint density at radius 1 is 1.00 bits per heavy atom. The van der Waals surface area contributed by atoms with Crippen molar-refractivity contribution in [3.63, 3.8) is 0 Å². The Kier molecular flexibility index (Phi) is 8.44. The minimum absolute atomic E-state index is 0.0465. The van der Waals surface area contributed by atoms with Crippen LogP contribution in [-0.4, -0.2) is 38.7 Å². The van der Waals surface area contributed by atoms with Crippen LogP contribution in [0.25, 0.3) is 22.5 Å². The Labute approximate surface area is 266 Å². The Morgan fingerprint density at radius 3 is 2.45 bits per heavy atom. The van der Waals surface area contributed by atoms with Crippen molar-refractivity contribution in [1.29, 1.82) is 0 Å². The molecule has 1 saturated carbocycles. The van der Waals surface area contributed by atoms with Gasteiger partial charge in [-0.25, -0.2) is 4.98 Å². The highest BCUT2D eigenvalue weighted by atomic mass is 19.4. The molecule has 2 aromatic heterocycles. The number of rotatable bonds is 10. The first kappa shape index (κ1) is 32.1. The lowest BCUT2D eigenvalue weighted by molar-refractivity contribution is -0.138. The molecule has 0 unspecified atom stereocenters. The molecular formula is C33H29F6N7O. The number of hydrogen-bond donors (Lipinski definition) is 2. The Bertz CT molecular complexity index is 1870. The summed E-state index contributed by atoms with van der Waals surface area (Å²) in [5.74, 6) is 2.67. The normalized spacial score (nSPS) is 14.8. The van der Waals surface area contributed by atoms with Crippen LogP contribution in [0.1, 0.15) is 51.9 Å². The van der Waals surface area contributed by atoms with Gasteiger partial charge in [0.25, 0.3) is 5.91 Å². The van der Waals surface area contributed by atoms with Gasteiger partial charge < -0.3 is 15.2 Å². The van der Waals surface area contributed by atoms with Crippen LogP contribution in [0.3, 0.4) is 0 Å². The lowest BCUT2D eigenvalue weighted by atomic mass is 9.96. The Hall–Kier alpha value is -4.90. The maximum atomic E-state index is 14.3. The van der Waals surface area contributed by atoms with Crippen molar-refractivity contribution in [2.75, 3.05) is 23.3 Å². The highest BCUT2D eigenvalue weighted by Crippen LogP contribution is 2.42. The number of benzene rings is 2. The number of nitrogens with one attached hydrogen (secondary N) is 2. The van der Waals surface area contributed by atoms with E-state index in [2.05, 4.69) is 31.7 Å². The third-order valence-corrected chi connectivity index (χ3v) is 8.14. The van der Waals surface area contributed by atoms with Crippen molar-refractivity contribution in [3.05, 3.63) is 76.6 Å². The van der Waals surface area contributed by atoms with Gasteiger partial charge in [-0.15, -0.1) is 22.5 Å². The second-order valence-electron chi connectivity index (χ2n) is 11.6. The van der Waals surface area contributed by atoms with E-state index >= 15 is 0 Å². The summed E-state index contributed by atoms with van der Waals surface area (Å²) in [6, 6.07) is 8.56. The van der Waals surface area contributed by atoms with E-state index in [1.165, 1.54) is 35.2 Å². The Balaban J connectivity index is 1.45. The minimum Gasteiger partial charge on any atom is -0.369 e. The first-order chi connectivity index (χ1) is 22.3. The first-order valence-electron chi connectivity index (χ1n) is 14.8. The number of halogens is 6. The number of aryl methyl sites for hydroxylation is 1.